The SMILES string of the molecule is COC(=O)[C@]1(C)CC[C@]2(C(=O)O[C@@H]3O[C@H](CO)[C@@H](O)[C@H](O)[C@H]3O)CC[C@]3(C)C(=CC[C@@H]4[C@@]5(C)CC[C@H](O[C@@H]6OC[C@H](O)[C@H](O[C@@H]7O[C@H](CO)[C@@H](O)[C@H](O)[C@H]7O)[C@H]6O)[C@@](C)(CO)[C@H]5CC[C@@]43C)[C@H]2C1. The molecule has 8 rings (SSSR count). The van der Waals surface area contributed by atoms with E-state index in [0.29, 0.717) is 51.4 Å². The highest BCUT2D eigenvalue weighted by molar-refractivity contribution is 5.81. The number of carbonyl (C=O) groups is 2. The zero-order valence-corrected chi connectivity index (χ0v) is 40.0. The van der Waals surface area contributed by atoms with E-state index in [4.69, 9.17) is 33.2 Å². The zero-order chi connectivity index (χ0) is 49.7. The van der Waals surface area contributed by atoms with Crippen LogP contribution in [0.3, 0.4) is 0 Å². The normalized spacial score (nSPS) is 53.7. The summed E-state index contributed by atoms with van der Waals surface area (Å²) >= 11 is 0. The molecule has 4 saturated carbocycles. The predicted molar refractivity (Wildman–Crippen MR) is 232 cm³/mol. The Labute approximate surface area is 396 Å². The largest absolute Gasteiger partial charge is 0.469 e. The molecule has 20 heteroatoms. The van der Waals surface area contributed by atoms with Crippen molar-refractivity contribution in [2.75, 3.05) is 33.5 Å². The molecule has 68 heavy (non-hydrogen) atoms. The summed E-state index contributed by atoms with van der Waals surface area (Å²) < 4.78 is 40.7. The van der Waals surface area contributed by atoms with Crippen LogP contribution in [0.15, 0.2) is 11.6 Å². The quantitative estimate of drug-likeness (QED) is 0.0704. The maximum atomic E-state index is 14.8. The maximum Gasteiger partial charge on any atom is 0.315 e. The number of aliphatic hydroxyl groups is 11. The highest BCUT2D eigenvalue weighted by atomic mass is 16.7. The predicted octanol–water partition coefficient (Wildman–Crippen LogP) is -1.09. The van der Waals surface area contributed by atoms with Gasteiger partial charge in [0.1, 0.15) is 67.1 Å². The van der Waals surface area contributed by atoms with E-state index in [1.807, 2.05) is 13.8 Å². The fourth-order valence-corrected chi connectivity index (χ4v) is 15.1. The lowest BCUT2D eigenvalue weighted by Gasteiger charge is -2.71. The molecule has 3 saturated heterocycles. The van der Waals surface area contributed by atoms with Crippen LogP contribution in [0.5, 0.6) is 0 Å². The molecule has 0 radical (unpaired) electrons. The van der Waals surface area contributed by atoms with Crippen LogP contribution in [0.4, 0.5) is 0 Å². The summed E-state index contributed by atoms with van der Waals surface area (Å²) in [6.45, 7) is 8.79. The fraction of sp³-hybridized carbons (Fsp3) is 0.917. The van der Waals surface area contributed by atoms with Gasteiger partial charge in [0.05, 0.1) is 50.5 Å². The van der Waals surface area contributed by atoms with Crippen LogP contribution in [0.1, 0.15) is 98.8 Å². The van der Waals surface area contributed by atoms with Crippen molar-refractivity contribution in [1.29, 1.82) is 0 Å². The van der Waals surface area contributed by atoms with E-state index in [-0.39, 0.29) is 48.3 Å². The Morgan fingerprint density at radius 3 is 1.91 bits per heavy atom. The second-order valence-corrected chi connectivity index (χ2v) is 22.7. The summed E-state index contributed by atoms with van der Waals surface area (Å²) in [5.74, 6) is -1.47. The Morgan fingerprint density at radius 2 is 1.29 bits per heavy atom. The molecule has 3 aliphatic heterocycles. The summed E-state index contributed by atoms with van der Waals surface area (Å²) in [6, 6.07) is 0. The van der Waals surface area contributed by atoms with Crippen LogP contribution in [0.2, 0.25) is 0 Å². The van der Waals surface area contributed by atoms with Crippen molar-refractivity contribution in [1.82, 2.24) is 0 Å². The summed E-state index contributed by atoms with van der Waals surface area (Å²) in [7, 11) is 1.35. The van der Waals surface area contributed by atoms with Crippen LogP contribution in [-0.4, -0.2) is 194 Å². The third kappa shape index (κ3) is 7.94. The van der Waals surface area contributed by atoms with Crippen molar-refractivity contribution in [3.63, 3.8) is 0 Å². The van der Waals surface area contributed by atoms with Gasteiger partial charge in [-0.2, -0.15) is 0 Å². The molecule has 24 atom stereocenters. The molecule has 388 valence electrons. The molecular formula is C48H76O20. The third-order valence-electron chi connectivity index (χ3n) is 19.5. The van der Waals surface area contributed by atoms with Crippen LogP contribution in [0.25, 0.3) is 0 Å². The zero-order valence-electron chi connectivity index (χ0n) is 40.0. The van der Waals surface area contributed by atoms with Gasteiger partial charge in [0, 0.05) is 5.41 Å². The Hall–Kier alpha value is -1.96. The number of allylic oxidation sites excluding steroid dienone is 2. The van der Waals surface area contributed by atoms with E-state index in [0.717, 1.165) is 12.0 Å². The minimum Gasteiger partial charge on any atom is -0.469 e. The first-order valence-electron chi connectivity index (χ1n) is 24.5. The molecule has 0 aromatic heterocycles. The van der Waals surface area contributed by atoms with Crippen molar-refractivity contribution in [2.24, 2.45) is 50.2 Å². The highest BCUT2D eigenvalue weighted by Crippen LogP contribution is 2.76. The molecule has 5 aliphatic carbocycles. The lowest BCUT2D eigenvalue weighted by molar-refractivity contribution is -0.358. The molecule has 8 aliphatic rings. The average Bonchev–Trinajstić information content (AvgIpc) is 3.31. The Kier molecular flexibility index (Phi) is 14.5. The molecule has 0 spiro atoms. The molecule has 0 aromatic carbocycles. The van der Waals surface area contributed by atoms with Crippen molar-refractivity contribution in [2.45, 2.75) is 191 Å². The minimum absolute atomic E-state index is 0.0728. The van der Waals surface area contributed by atoms with E-state index in [1.54, 1.807) is 0 Å². The highest BCUT2D eigenvalue weighted by Gasteiger charge is 2.71. The smallest absolute Gasteiger partial charge is 0.315 e. The van der Waals surface area contributed by atoms with Crippen LogP contribution >= 0.6 is 0 Å². The summed E-state index contributed by atoms with van der Waals surface area (Å²) in [5.41, 5.74) is -2.95. The van der Waals surface area contributed by atoms with E-state index < -0.39 is 139 Å². The van der Waals surface area contributed by atoms with Crippen molar-refractivity contribution < 1.29 is 98.9 Å². The fourth-order valence-electron chi connectivity index (χ4n) is 15.1. The van der Waals surface area contributed by atoms with E-state index >= 15 is 0 Å². The maximum absolute atomic E-state index is 14.8. The van der Waals surface area contributed by atoms with E-state index in [1.165, 1.54) is 7.11 Å². The molecule has 0 unspecified atom stereocenters. The number of hydrogen-bond donors (Lipinski definition) is 11. The average molecular weight is 973 g/mol. The first kappa shape index (κ1) is 52.4. The lowest BCUT2D eigenvalue weighted by atomic mass is 9.33. The summed E-state index contributed by atoms with van der Waals surface area (Å²) in [4.78, 5) is 28.3. The number of ether oxygens (including phenoxy) is 7. The molecule has 11 N–H and O–H groups in total. The van der Waals surface area contributed by atoms with Crippen molar-refractivity contribution in [3.8, 4) is 0 Å². The summed E-state index contributed by atoms with van der Waals surface area (Å²) in [6.07, 6.45) is -15.1. The second kappa shape index (κ2) is 18.8. The van der Waals surface area contributed by atoms with E-state index in [9.17, 15) is 65.8 Å². The van der Waals surface area contributed by atoms with Gasteiger partial charge in [-0.1, -0.05) is 39.3 Å². The third-order valence-corrected chi connectivity index (χ3v) is 19.5. The van der Waals surface area contributed by atoms with Crippen LogP contribution < -0.4 is 0 Å². The number of rotatable bonds is 10. The molecule has 0 aromatic rings. The topological polar surface area (TPSA) is 321 Å². The first-order chi connectivity index (χ1) is 31.9. The standard InChI is InChI=1S/C48H76O20/c1-43(41(60)62-6)13-15-48(42(61)68-40-35(58)33(56)31(54)26(19-50)65-40)16-14-46(4)22(23(48)17-43)7-8-28-44(2)11-10-29(45(3,21-51)27(44)9-12-47(28,46)5)66-38-36(59)37(24(52)20-63-38)67-39-34(57)32(55)30(53)25(18-49)64-39/h7,23-40,49-59H,8-21H2,1-6H3/t23-,24+,25-,26-,27+,28-,29+,30-,31-,32+,33+,34-,35-,36-,37+,38+,39+,40+,43-,44+,45+,46-,47+,48+/m1/s1. The van der Waals surface area contributed by atoms with Crippen molar-refractivity contribution in [3.05, 3.63) is 11.6 Å². The molecule has 7 fully saturated rings. The van der Waals surface area contributed by atoms with Gasteiger partial charge >= 0.3 is 11.9 Å². The summed E-state index contributed by atoms with van der Waals surface area (Å²) in [5, 5.41) is 116. The van der Waals surface area contributed by atoms with Gasteiger partial charge in [-0.3, -0.25) is 9.59 Å². The van der Waals surface area contributed by atoms with Crippen LogP contribution in [-0.2, 0) is 42.7 Å². The number of esters is 2. The van der Waals surface area contributed by atoms with Crippen LogP contribution in [0, 0.1) is 50.2 Å². The number of aliphatic hydroxyl groups excluding tert-OH is 11. The number of carbonyl (C=O) groups excluding carboxylic acids is 2. The van der Waals surface area contributed by atoms with E-state index in [2.05, 4.69) is 26.8 Å². The van der Waals surface area contributed by atoms with Gasteiger partial charge in [-0.05, 0) is 105 Å². The second-order valence-electron chi connectivity index (χ2n) is 22.7. The van der Waals surface area contributed by atoms with Gasteiger partial charge in [-0.15, -0.1) is 0 Å². The number of fused-ring (bicyclic) bond motifs is 7. The molecule has 20 nitrogen and oxygen atoms in total. The molecule has 3 heterocycles. The van der Waals surface area contributed by atoms with Gasteiger partial charge in [0.2, 0.25) is 6.29 Å². The number of methoxy groups -OCH3 is 1. The van der Waals surface area contributed by atoms with Gasteiger partial charge in [0.15, 0.2) is 12.6 Å². The number of hydrogen-bond acceptors (Lipinski definition) is 20. The molecule has 0 amide bonds. The molecule has 0 bridgehead atoms. The Bertz CT molecular complexity index is 1880. The monoisotopic (exact) mass is 972 g/mol. The first-order valence-corrected chi connectivity index (χ1v) is 24.5. The van der Waals surface area contributed by atoms with Gasteiger partial charge in [-0.25, -0.2) is 0 Å². The Morgan fingerprint density at radius 1 is 0.676 bits per heavy atom. The van der Waals surface area contributed by atoms with Gasteiger partial charge in [0.25, 0.3) is 0 Å². The molecular weight excluding hydrogens is 897 g/mol. The lowest BCUT2D eigenvalue weighted by Crippen LogP contribution is -2.67. The van der Waals surface area contributed by atoms with Gasteiger partial charge < -0.3 is 89.3 Å². The Balaban J connectivity index is 1.04. The van der Waals surface area contributed by atoms with Crippen molar-refractivity contribution >= 4 is 11.9 Å². The minimum atomic E-state index is -1.77.